The van der Waals surface area contributed by atoms with Gasteiger partial charge in [0, 0.05) is 17.1 Å². The molecule has 1 atom stereocenters. The molecule has 2 heterocycles. The largest absolute Gasteiger partial charge is 0.343 e. The monoisotopic (exact) mass is 373 g/mol. The molecule has 1 N–H and O–H groups in total. The zero-order chi connectivity index (χ0) is 19.7. The highest BCUT2D eigenvalue weighted by Crippen LogP contribution is 2.52. The fourth-order valence-corrected chi connectivity index (χ4v) is 5.43. The fourth-order valence-electron chi connectivity index (χ4n) is 5.43. The van der Waals surface area contributed by atoms with Crippen LogP contribution in [0.4, 0.5) is 0 Å². The van der Waals surface area contributed by atoms with E-state index in [2.05, 4.69) is 28.4 Å². The molecule has 2 saturated heterocycles. The number of carbonyl (C=O) groups is 1. The first-order valence-corrected chi connectivity index (χ1v) is 10.1. The number of carbonyl (C=O) groups excluding carboxylic acids is 1. The number of benzene rings is 2. The van der Waals surface area contributed by atoms with Crippen LogP contribution in [-0.2, 0) is 0 Å². The van der Waals surface area contributed by atoms with Gasteiger partial charge in [0.25, 0.3) is 5.91 Å². The van der Waals surface area contributed by atoms with Crippen molar-refractivity contribution in [1.29, 1.82) is 5.26 Å². The Labute approximate surface area is 167 Å². The van der Waals surface area contributed by atoms with E-state index in [1.165, 1.54) is 0 Å². The van der Waals surface area contributed by atoms with Gasteiger partial charge in [-0.15, -0.1) is 0 Å². The van der Waals surface area contributed by atoms with Crippen molar-refractivity contribution >= 4 is 5.91 Å². The van der Waals surface area contributed by atoms with Crippen LogP contribution in [0.1, 0.15) is 58.8 Å². The molecule has 4 rings (SSSR count). The number of nitrogens with zero attached hydrogens (tertiary/aromatic N) is 2. The van der Waals surface area contributed by atoms with E-state index in [9.17, 15) is 10.1 Å². The van der Waals surface area contributed by atoms with Crippen molar-refractivity contribution in [3.8, 4) is 6.07 Å². The van der Waals surface area contributed by atoms with Gasteiger partial charge in [-0.3, -0.25) is 9.69 Å². The van der Waals surface area contributed by atoms with Gasteiger partial charge >= 0.3 is 0 Å². The highest BCUT2D eigenvalue weighted by molar-refractivity contribution is 5.97. The molecular formula is C24H27N3O. The van der Waals surface area contributed by atoms with E-state index in [4.69, 9.17) is 0 Å². The lowest BCUT2D eigenvalue weighted by molar-refractivity contribution is 0.0814. The Bertz CT molecular complexity index is 887. The summed E-state index contributed by atoms with van der Waals surface area (Å²) in [5.74, 6) is -0.0221. The van der Waals surface area contributed by atoms with E-state index in [0.29, 0.717) is 12.6 Å². The normalized spacial score (nSPS) is 24.7. The molecule has 2 fully saturated rings. The van der Waals surface area contributed by atoms with Gasteiger partial charge in [-0.1, -0.05) is 48.5 Å². The first-order chi connectivity index (χ1) is 13.6. The lowest BCUT2D eigenvalue weighted by Crippen LogP contribution is -2.52. The number of amides is 1. The van der Waals surface area contributed by atoms with Gasteiger partial charge in [0.2, 0.25) is 0 Å². The Kier molecular flexibility index (Phi) is 4.95. The minimum atomic E-state index is -0.173. The maximum atomic E-state index is 13.4. The lowest BCUT2D eigenvalue weighted by Gasteiger charge is -2.41. The standard InChI is InChI=1S/C24H27N3O/c1-17-7-6-8-18(2)21(17)23(28)26-22(19-9-4-3-5-10-19)24-13-11-20(12-14-24)27(24)16-15-25/h3-10,20,22H,11-14,16H2,1-2H3,(H,26,28). The van der Waals surface area contributed by atoms with Gasteiger partial charge in [-0.25, -0.2) is 0 Å². The third kappa shape index (κ3) is 3.00. The molecule has 0 saturated carbocycles. The molecule has 2 aliphatic heterocycles. The van der Waals surface area contributed by atoms with E-state index in [0.717, 1.165) is 47.9 Å². The molecule has 2 aromatic carbocycles. The highest BCUT2D eigenvalue weighted by atomic mass is 16.1. The van der Waals surface area contributed by atoms with Crippen molar-refractivity contribution in [3.05, 3.63) is 70.8 Å². The summed E-state index contributed by atoms with van der Waals surface area (Å²) in [4.78, 5) is 15.7. The Hall–Kier alpha value is -2.64. The second-order valence-electron chi connectivity index (χ2n) is 8.20. The van der Waals surface area contributed by atoms with Crippen LogP contribution in [0.5, 0.6) is 0 Å². The predicted octanol–water partition coefficient (Wildman–Crippen LogP) is 4.30. The smallest absolute Gasteiger partial charge is 0.252 e. The summed E-state index contributed by atoms with van der Waals surface area (Å²) >= 11 is 0. The van der Waals surface area contributed by atoms with Gasteiger partial charge < -0.3 is 5.32 Å². The SMILES string of the molecule is Cc1cccc(C)c1C(=O)NC(c1ccccc1)C12CCC(CC1)N2CC#N. The lowest BCUT2D eigenvalue weighted by atomic mass is 9.78. The maximum absolute atomic E-state index is 13.4. The molecule has 0 spiro atoms. The first-order valence-electron chi connectivity index (χ1n) is 10.1. The van der Waals surface area contributed by atoms with Crippen molar-refractivity contribution in [3.63, 3.8) is 0 Å². The van der Waals surface area contributed by atoms with Gasteiger partial charge in [-0.2, -0.15) is 5.26 Å². The van der Waals surface area contributed by atoms with Crippen LogP contribution in [0.25, 0.3) is 0 Å². The second kappa shape index (κ2) is 7.41. The van der Waals surface area contributed by atoms with Gasteiger partial charge in [-0.05, 0) is 56.2 Å². The van der Waals surface area contributed by atoms with Crippen molar-refractivity contribution in [2.45, 2.75) is 57.2 Å². The van der Waals surface area contributed by atoms with Crippen LogP contribution in [0, 0.1) is 25.2 Å². The minimum absolute atomic E-state index is 0.0221. The van der Waals surface area contributed by atoms with Crippen LogP contribution in [-0.4, -0.2) is 28.9 Å². The maximum Gasteiger partial charge on any atom is 0.252 e. The quantitative estimate of drug-likeness (QED) is 0.795. The highest BCUT2D eigenvalue weighted by Gasteiger charge is 2.56. The number of hydrogen-bond acceptors (Lipinski definition) is 3. The molecule has 0 aromatic heterocycles. The molecule has 0 radical (unpaired) electrons. The Morgan fingerprint density at radius 1 is 1.14 bits per heavy atom. The summed E-state index contributed by atoms with van der Waals surface area (Å²) in [7, 11) is 0. The zero-order valence-electron chi connectivity index (χ0n) is 16.6. The molecule has 2 aromatic rings. The molecule has 144 valence electrons. The zero-order valence-corrected chi connectivity index (χ0v) is 16.6. The van der Waals surface area contributed by atoms with E-state index in [-0.39, 0.29) is 17.5 Å². The van der Waals surface area contributed by atoms with Crippen molar-refractivity contribution < 1.29 is 4.79 Å². The molecule has 2 bridgehead atoms. The topological polar surface area (TPSA) is 56.1 Å². The summed E-state index contributed by atoms with van der Waals surface area (Å²) in [6, 6.07) is 18.9. The predicted molar refractivity (Wildman–Crippen MR) is 110 cm³/mol. The number of nitriles is 1. The number of aryl methyl sites for hydroxylation is 2. The average Bonchev–Trinajstić information content (AvgIpc) is 3.22. The number of fused-ring (bicyclic) bond motifs is 2. The van der Waals surface area contributed by atoms with Crippen LogP contribution in [0.2, 0.25) is 0 Å². The van der Waals surface area contributed by atoms with E-state index < -0.39 is 0 Å². The van der Waals surface area contributed by atoms with Crippen molar-refractivity contribution in [2.24, 2.45) is 0 Å². The number of nitrogens with one attached hydrogen (secondary N) is 1. The summed E-state index contributed by atoms with van der Waals surface area (Å²) in [6.07, 6.45) is 4.24. The summed E-state index contributed by atoms with van der Waals surface area (Å²) < 4.78 is 0. The summed E-state index contributed by atoms with van der Waals surface area (Å²) in [6.45, 7) is 4.40. The van der Waals surface area contributed by atoms with Gasteiger partial charge in [0.1, 0.15) is 0 Å². The third-order valence-electron chi connectivity index (χ3n) is 6.73. The van der Waals surface area contributed by atoms with Crippen molar-refractivity contribution in [2.75, 3.05) is 6.54 Å². The molecule has 1 unspecified atom stereocenters. The second-order valence-corrected chi connectivity index (χ2v) is 8.20. The van der Waals surface area contributed by atoms with E-state index >= 15 is 0 Å². The molecule has 1 amide bonds. The Morgan fingerprint density at radius 2 is 1.79 bits per heavy atom. The Morgan fingerprint density at radius 3 is 2.39 bits per heavy atom. The molecule has 0 aliphatic carbocycles. The Balaban J connectivity index is 1.74. The summed E-state index contributed by atoms with van der Waals surface area (Å²) in [5.41, 5.74) is 3.69. The van der Waals surface area contributed by atoms with Gasteiger partial charge in [0.15, 0.2) is 0 Å². The molecule has 28 heavy (non-hydrogen) atoms. The molecule has 4 heteroatoms. The first kappa shape index (κ1) is 18.7. The number of rotatable bonds is 5. The molecular weight excluding hydrogens is 346 g/mol. The fraction of sp³-hybridized carbons (Fsp3) is 0.417. The van der Waals surface area contributed by atoms with Gasteiger partial charge in [0.05, 0.1) is 18.7 Å². The van der Waals surface area contributed by atoms with E-state index in [1.54, 1.807) is 0 Å². The van der Waals surface area contributed by atoms with Crippen LogP contribution >= 0.6 is 0 Å². The minimum Gasteiger partial charge on any atom is -0.343 e. The van der Waals surface area contributed by atoms with Crippen LogP contribution in [0.3, 0.4) is 0 Å². The molecule has 4 nitrogen and oxygen atoms in total. The molecule has 2 aliphatic rings. The van der Waals surface area contributed by atoms with Crippen LogP contribution < -0.4 is 5.32 Å². The third-order valence-corrected chi connectivity index (χ3v) is 6.73. The summed E-state index contributed by atoms with van der Waals surface area (Å²) in [5, 5.41) is 12.8. The van der Waals surface area contributed by atoms with E-state index in [1.807, 2.05) is 50.2 Å². The average molecular weight is 374 g/mol. The number of hydrogen-bond donors (Lipinski definition) is 1. The van der Waals surface area contributed by atoms with Crippen molar-refractivity contribution in [1.82, 2.24) is 10.2 Å². The van der Waals surface area contributed by atoms with Crippen LogP contribution in [0.15, 0.2) is 48.5 Å².